The summed E-state index contributed by atoms with van der Waals surface area (Å²) in [6.07, 6.45) is 4.46. The van der Waals surface area contributed by atoms with E-state index in [2.05, 4.69) is 97.8 Å². The van der Waals surface area contributed by atoms with Crippen molar-refractivity contribution in [2.24, 2.45) is 0 Å². The SMILES string of the molecule is CC(/C=C/c1ccccc1)N(C)Cc1cccc2ccccc12. The average molecular weight is 301 g/mol. The van der Waals surface area contributed by atoms with E-state index in [9.17, 15) is 0 Å². The molecule has 0 fully saturated rings. The van der Waals surface area contributed by atoms with Crippen LogP contribution >= 0.6 is 0 Å². The first-order chi connectivity index (χ1) is 11.2. The third-order valence-electron chi connectivity index (χ3n) is 4.36. The molecule has 23 heavy (non-hydrogen) atoms. The third kappa shape index (κ3) is 3.88. The average Bonchev–Trinajstić information content (AvgIpc) is 2.61. The molecule has 116 valence electrons. The number of likely N-dealkylation sites (N-methyl/N-ethyl adjacent to an activating group) is 1. The van der Waals surface area contributed by atoms with Crippen LogP contribution < -0.4 is 0 Å². The van der Waals surface area contributed by atoms with Gasteiger partial charge in [-0.25, -0.2) is 0 Å². The zero-order valence-corrected chi connectivity index (χ0v) is 13.8. The van der Waals surface area contributed by atoms with Gasteiger partial charge in [0.15, 0.2) is 0 Å². The van der Waals surface area contributed by atoms with Gasteiger partial charge in [0.1, 0.15) is 0 Å². The van der Waals surface area contributed by atoms with E-state index in [0.717, 1.165) is 6.54 Å². The van der Waals surface area contributed by atoms with E-state index < -0.39 is 0 Å². The van der Waals surface area contributed by atoms with Crippen LogP contribution in [0.2, 0.25) is 0 Å². The van der Waals surface area contributed by atoms with E-state index in [-0.39, 0.29) is 0 Å². The summed E-state index contributed by atoms with van der Waals surface area (Å²) in [5, 5.41) is 2.66. The molecule has 0 amide bonds. The van der Waals surface area contributed by atoms with Crippen molar-refractivity contribution in [3.63, 3.8) is 0 Å². The fourth-order valence-electron chi connectivity index (χ4n) is 2.80. The molecule has 3 rings (SSSR count). The second-order valence-electron chi connectivity index (χ2n) is 6.06. The lowest BCUT2D eigenvalue weighted by Gasteiger charge is -2.23. The molecular weight excluding hydrogens is 278 g/mol. The summed E-state index contributed by atoms with van der Waals surface area (Å²) in [6.45, 7) is 3.19. The fraction of sp³-hybridized carbons (Fsp3) is 0.182. The topological polar surface area (TPSA) is 3.24 Å². The van der Waals surface area contributed by atoms with E-state index >= 15 is 0 Å². The van der Waals surface area contributed by atoms with E-state index in [1.54, 1.807) is 0 Å². The summed E-state index contributed by atoms with van der Waals surface area (Å²) in [4.78, 5) is 2.38. The Bertz CT molecular complexity index is 784. The molecule has 0 radical (unpaired) electrons. The molecular formula is C22H23N. The van der Waals surface area contributed by atoms with E-state index in [1.807, 2.05) is 6.07 Å². The van der Waals surface area contributed by atoms with Gasteiger partial charge in [0.05, 0.1) is 0 Å². The fourth-order valence-corrected chi connectivity index (χ4v) is 2.80. The molecule has 3 aromatic rings. The van der Waals surface area contributed by atoms with Crippen molar-refractivity contribution >= 4 is 16.8 Å². The zero-order chi connectivity index (χ0) is 16.1. The van der Waals surface area contributed by atoms with Crippen LogP contribution in [0.5, 0.6) is 0 Å². The summed E-state index contributed by atoms with van der Waals surface area (Å²) in [7, 11) is 2.18. The largest absolute Gasteiger partial charge is 0.296 e. The molecule has 0 aliphatic heterocycles. The molecule has 1 atom stereocenters. The number of rotatable bonds is 5. The highest BCUT2D eigenvalue weighted by molar-refractivity contribution is 5.85. The van der Waals surface area contributed by atoms with Gasteiger partial charge in [-0.1, -0.05) is 84.9 Å². The van der Waals surface area contributed by atoms with Crippen LogP contribution in [0.4, 0.5) is 0 Å². The lowest BCUT2D eigenvalue weighted by atomic mass is 10.0. The maximum absolute atomic E-state index is 2.38. The minimum absolute atomic E-state index is 0.383. The van der Waals surface area contributed by atoms with Gasteiger partial charge in [0, 0.05) is 12.6 Å². The lowest BCUT2D eigenvalue weighted by molar-refractivity contribution is 0.291. The summed E-state index contributed by atoms with van der Waals surface area (Å²) in [5.41, 5.74) is 2.63. The lowest BCUT2D eigenvalue weighted by Crippen LogP contribution is -2.26. The highest BCUT2D eigenvalue weighted by atomic mass is 15.1. The van der Waals surface area contributed by atoms with Crippen LogP contribution in [-0.2, 0) is 6.54 Å². The van der Waals surface area contributed by atoms with Gasteiger partial charge >= 0.3 is 0 Å². The van der Waals surface area contributed by atoms with Gasteiger partial charge in [0.25, 0.3) is 0 Å². The van der Waals surface area contributed by atoms with Crippen molar-refractivity contribution in [2.45, 2.75) is 19.5 Å². The second-order valence-corrected chi connectivity index (χ2v) is 6.06. The summed E-state index contributed by atoms with van der Waals surface area (Å²) in [6, 6.07) is 26.0. The Labute approximate surface area is 138 Å². The summed E-state index contributed by atoms with van der Waals surface area (Å²) < 4.78 is 0. The highest BCUT2D eigenvalue weighted by Crippen LogP contribution is 2.20. The minimum atomic E-state index is 0.383. The predicted molar refractivity (Wildman–Crippen MR) is 100 cm³/mol. The molecule has 1 unspecified atom stereocenters. The molecule has 0 spiro atoms. The van der Waals surface area contributed by atoms with Crippen LogP contribution in [0.25, 0.3) is 16.8 Å². The summed E-state index contributed by atoms with van der Waals surface area (Å²) in [5.74, 6) is 0. The van der Waals surface area contributed by atoms with Crippen molar-refractivity contribution in [1.82, 2.24) is 4.90 Å². The maximum atomic E-state index is 2.38. The number of benzene rings is 3. The zero-order valence-electron chi connectivity index (χ0n) is 13.8. The molecule has 0 saturated heterocycles. The van der Waals surface area contributed by atoms with Gasteiger partial charge in [0.2, 0.25) is 0 Å². The first kappa shape index (κ1) is 15.5. The van der Waals surface area contributed by atoms with Crippen molar-refractivity contribution in [2.75, 3.05) is 7.05 Å². The Morgan fingerprint density at radius 2 is 1.57 bits per heavy atom. The number of hydrogen-bond acceptors (Lipinski definition) is 1. The van der Waals surface area contributed by atoms with Gasteiger partial charge in [-0.3, -0.25) is 4.90 Å². The van der Waals surface area contributed by atoms with Crippen LogP contribution in [0.15, 0.2) is 78.9 Å². The van der Waals surface area contributed by atoms with E-state index in [0.29, 0.717) is 6.04 Å². The number of nitrogens with zero attached hydrogens (tertiary/aromatic N) is 1. The molecule has 3 aromatic carbocycles. The van der Waals surface area contributed by atoms with Gasteiger partial charge in [-0.15, -0.1) is 0 Å². The van der Waals surface area contributed by atoms with Crippen LogP contribution in [0.1, 0.15) is 18.1 Å². The molecule has 0 heterocycles. The molecule has 1 nitrogen and oxygen atoms in total. The van der Waals surface area contributed by atoms with Crippen molar-refractivity contribution in [3.8, 4) is 0 Å². The quantitative estimate of drug-likeness (QED) is 0.612. The Hall–Kier alpha value is -2.38. The van der Waals surface area contributed by atoms with Gasteiger partial charge in [-0.2, -0.15) is 0 Å². The van der Waals surface area contributed by atoms with Crippen molar-refractivity contribution in [1.29, 1.82) is 0 Å². The van der Waals surface area contributed by atoms with Crippen molar-refractivity contribution < 1.29 is 0 Å². The third-order valence-corrected chi connectivity index (χ3v) is 4.36. The second kappa shape index (κ2) is 7.26. The molecule has 0 aliphatic rings. The molecule has 0 bridgehead atoms. The van der Waals surface area contributed by atoms with Crippen LogP contribution in [0.3, 0.4) is 0 Å². The van der Waals surface area contributed by atoms with Gasteiger partial charge < -0.3 is 0 Å². The normalized spacial score (nSPS) is 13.0. The maximum Gasteiger partial charge on any atom is 0.0253 e. The Balaban J connectivity index is 1.73. The standard InChI is InChI=1S/C22H23N/c1-18(15-16-19-9-4-3-5-10-19)23(2)17-21-13-8-12-20-11-6-7-14-22(20)21/h3-16,18H,17H2,1-2H3/b16-15+. The van der Waals surface area contributed by atoms with Crippen LogP contribution in [-0.4, -0.2) is 18.0 Å². The van der Waals surface area contributed by atoms with Gasteiger partial charge in [-0.05, 0) is 35.9 Å². The summed E-state index contributed by atoms with van der Waals surface area (Å²) >= 11 is 0. The van der Waals surface area contributed by atoms with Crippen molar-refractivity contribution in [3.05, 3.63) is 90.0 Å². The molecule has 0 aliphatic carbocycles. The Morgan fingerprint density at radius 3 is 2.39 bits per heavy atom. The number of hydrogen-bond donors (Lipinski definition) is 0. The van der Waals surface area contributed by atoms with E-state index in [4.69, 9.17) is 0 Å². The monoisotopic (exact) mass is 301 g/mol. The number of fused-ring (bicyclic) bond motifs is 1. The minimum Gasteiger partial charge on any atom is -0.296 e. The molecule has 0 aromatic heterocycles. The Morgan fingerprint density at radius 1 is 0.870 bits per heavy atom. The molecule has 0 N–H and O–H groups in total. The first-order valence-corrected chi connectivity index (χ1v) is 8.14. The predicted octanol–water partition coefficient (Wildman–Crippen LogP) is 5.37. The first-order valence-electron chi connectivity index (χ1n) is 8.14. The van der Waals surface area contributed by atoms with Crippen LogP contribution in [0, 0.1) is 0 Å². The molecule has 1 heteroatoms. The molecule has 0 saturated carbocycles. The Kier molecular flexibility index (Phi) is 4.89. The highest BCUT2D eigenvalue weighted by Gasteiger charge is 2.08. The van der Waals surface area contributed by atoms with E-state index in [1.165, 1.54) is 21.9 Å². The smallest absolute Gasteiger partial charge is 0.0253 e.